The molecule has 1 heterocycles. The third-order valence-corrected chi connectivity index (χ3v) is 3.61. The number of hydrogen-bond acceptors (Lipinski definition) is 4. The molecule has 0 aromatic carbocycles. The Morgan fingerprint density at radius 3 is 2.50 bits per heavy atom. The molecule has 1 spiro atoms. The maximum atomic E-state index is 12.1. The van der Waals surface area contributed by atoms with E-state index in [4.69, 9.17) is 10.00 Å². The Bertz CT molecular complexity index is 426. The Morgan fingerprint density at radius 2 is 2.11 bits per heavy atom. The van der Waals surface area contributed by atoms with Crippen LogP contribution in [0.25, 0.3) is 0 Å². The fourth-order valence-corrected chi connectivity index (χ4v) is 2.59. The molecule has 0 radical (unpaired) electrons. The number of carbonyl (C=O) groups excluding carboxylic acids is 2. The molecule has 1 atom stereocenters. The van der Waals surface area contributed by atoms with E-state index in [1.54, 1.807) is 20.8 Å². The van der Waals surface area contributed by atoms with Crippen LogP contribution in [0.15, 0.2) is 0 Å². The lowest BCUT2D eigenvalue weighted by atomic mass is 9.73. The monoisotopic (exact) mass is 250 g/mol. The number of Topliss-reactive ketones (excluding diaryl/α,β-unsaturated/α-hetero) is 1. The maximum absolute atomic E-state index is 12.1. The third kappa shape index (κ3) is 1.86. The molecule has 1 amide bonds. The highest BCUT2D eigenvalue weighted by Gasteiger charge is 2.59. The highest BCUT2D eigenvalue weighted by atomic mass is 16.6. The van der Waals surface area contributed by atoms with Gasteiger partial charge in [-0.15, -0.1) is 0 Å². The molecule has 5 heteroatoms. The van der Waals surface area contributed by atoms with E-state index in [0.29, 0.717) is 12.8 Å². The van der Waals surface area contributed by atoms with E-state index in [-0.39, 0.29) is 12.3 Å². The molecule has 1 saturated carbocycles. The van der Waals surface area contributed by atoms with Gasteiger partial charge in [-0.1, -0.05) is 0 Å². The largest absolute Gasteiger partial charge is 0.444 e. The summed E-state index contributed by atoms with van der Waals surface area (Å²) in [6.07, 6.45) is 1.75. The van der Waals surface area contributed by atoms with Crippen LogP contribution in [0.1, 0.15) is 40.0 Å². The standard InChI is InChI=1S/C13H18N2O3/c1-12(2,3)18-11(17)15-8-9(7-14)10(16)13(15)5-4-6-13/h9H,4-6,8H2,1-3H3. The van der Waals surface area contributed by atoms with Gasteiger partial charge in [-0.25, -0.2) is 4.79 Å². The van der Waals surface area contributed by atoms with Crippen LogP contribution in [-0.2, 0) is 9.53 Å². The third-order valence-electron chi connectivity index (χ3n) is 3.61. The summed E-state index contributed by atoms with van der Waals surface area (Å²) in [7, 11) is 0. The van der Waals surface area contributed by atoms with Crippen molar-refractivity contribution < 1.29 is 14.3 Å². The molecule has 2 aliphatic rings. The lowest BCUT2D eigenvalue weighted by Gasteiger charge is -2.43. The number of ketones is 1. The van der Waals surface area contributed by atoms with Crippen LogP contribution in [0, 0.1) is 17.2 Å². The van der Waals surface area contributed by atoms with Gasteiger partial charge in [-0.3, -0.25) is 9.69 Å². The number of nitrogens with zero attached hydrogens (tertiary/aromatic N) is 2. The number of nitriles is 1. The van der Waals surface area contributed by atoms with E-state index in [2.05, 4.69) is 0 Å². The first-order valence-corrected chi connectivity index (χ1v) is 6.25. The molecule has 0 N–H and O–H groups in total. The van der Waals surface area contributed by atoms with Crippen LogP contribution in [0.5, 0.6) is 0 Å². The van der Waals surface area contributed by atoms with E-state index in [0.717, 1.165) is 6.42 Å². The van der Waals surface area contributed by atoms with Gasteiger partial charge in [0.05, 0.1) is 6.07 Å². The van der Waals surface area contributed by atoms with Crippen molar-refractivity contribution in [2.75, 3.05) is 6.54 Å². The summed E-state index contributed by atoms with van der Waals surface area (Å²) < 4.78 is 5.32. The van der Waals surface area contributed by atoms with E-state index in [9.17, 15) is 9.59 Å². The van der Waals surface area contributed by atoms with Gasteiger partial charge in [0.15, 0.2) is 5.78 Å². The van der Waals surface area contributed by atoms with Crippen LogP contribution in [0.3, 0.4) is 0 Å². The first-order valence-electron chi connectivity index (χ1n) is 6.25. The summed E-state index contributed by atoms with van der Waals surface area (Å²) in [6.45, 7) is 5.54. The van der Waals surface area contributed by atoms with Gasteiger partial charge in [-0.2, -0.15) is 5.26 Å². The Morgan fingerprint density at radius 1 is 1.50 bits per heavy atom. The van der Waals surface area contributed by atoms with Crippen LogP contribution in [0.2, 0.25) is 0 Å². The lowest BCUT2D eigenvalue weighted by Crippen LogP contribution is -2.56. The van der Waals surface area contributed by atoms with Gasteiger partial charge < -0.3 is 4.74 Å². The van der Waals surface area contributed by atoms with Gasteiger partial charge in [0, 0.05) is 6.54 Å². The molecule has 1 aliphatic heterocycles. The molecule has 1 aliphatic carbocycles. The van der Waals surface area contributed by atoms with E-state index in [1.165, 1.54) is 4.90 Å². The zero-order valence-corrected chi connectivity index (χ0v) is 11.0. The molecule has 0 aromatic rings. The number of rotatable bonds is 0. The molecular formula is C13H18N2O3. The van der Waals surface area contributed by atoms with Crippen LogP contribution in [-0.4, -0.2) is 34.5 Å². The number of carbonyl (C=O) groups is 2. The minimum absolute atomic E-state index is 0.109. The Balaban J connectivity index is 2.20. The van der Waals surface area contributed by atoms with E-state index < -0.39 is 23.2 Å². The molecule has 2 rings (SSSR count). The highest BCUT2D eigenvalue weighted by Crippen LogP contribution is 2.45. The van der Waals surface area contributed by atoms with Gasteiger partial charge in [-0.05, 0) is 40.0 Å². The van der Waals surface area contributed by atoms with E-state index in [1.807, 2.05) is 6.07 Å². The topological polar surface area (TPSA) is 70.4 Å². The predicted molar refractivity (Wildman–Crippen MR) is 63.6 cm³/mol. The second kappa shape index (κ2) is 3.98. The smallest absolute Gasteiger partial charge is 0.411 e. The number of ether oxygens (including phenoxy) is 1. The van der Waals surface area contributed by atoms with Gasteiger partial charge in [0.1, 0.15) is 17.1 Å². The van der Waals surface area contributed by atoms with Crippen molar-refractivity contribution >= 4 is 11.9 Å². The van der Waals surface area contributed by atoms with Crippen molar-refractivity contribution in [3.63, 3.8) is 0 Å². The normalized spacial score (nSPS) is 25.8. The second-order valence-corrected chi connectivity index (χ2v) is 6.02. The molecule has 5 nitrogen and oxygen atoms in total. The molecule has 1 unspecified atom stereocenters. The first kappa shape index (κ1) is 12.9. The average Bonchev–Trinajstić information content (AvgIpc) is 2.48. The fraction of sp³-hybridized carbons (Fsp3) is 0.769. The lowest BCUT2D eigenvalue weighted by molar-refractivity contribution is -0.130. The molecule has 0 aromatic heterocycles. The van der Waals surface area contributed by atoms with Crippen LogP contribution >= 0.6 is 0 Å². The Kier molecular flexibility index (Phi) is 2.84. The zero-order chi connectivity index (χ0) is 13.6. The van der Waals surface area contributed by atoms with Crippen molar-refractivity contribution in [2.24, 2.45) is 5.92 Å². The number of likely N-dealkylation sites (tertiary alicyclic amines) is 1. The summed E-state index contributed by atoms with van der Waals surface area (Å²) in [5.74, 6) is -0.806. The average molecular weight is 250 g/mol. The second-order valence-electron chi connectivity index (χ2n) is 6.02. The summed E-state index contributed by atoms with van der Waals surface area (Å²) in [6, 6.07) is 1.99. The first-order chi connectivity index (χ1) is 8.30. The van der Waals surface area contributed by atoms with Crippen LogP contribution in [0.4, 0.5) is 4.79 Å². The molecule has 0 bridgehead atoms. The molecular weight excluding hydrogens is 232 g/mol. The van der Waals surface area contributed by atoms with E-state index >= 15 is 0 Å². The maximum Gasteiger partial charge on any atom is 0.411 e. The SMILES string of the molecule is CC(C)(C)OC(=O)N1CC(C#N)C(=O)C12CCC2. The van der Waals surface area contributed by atoms with Crippen molar-refractivity contribution in [1.29, 1.82) is 5.26 Å². The summed E-state index contributed by atoms with van der Waals surface area (Å²) >= 11 is 0. The molecule has 98 valence electrons. The van der Waals surface area contributed by atoms with Gasteiger partial charge >= 0.3 is 6.09 Å². The summed E-state index contributed by atoms with van der Waals surface area (Å²) in [4.78, 5) is 25.7. The molecule has 2 fully saturated rings. The number of hydrogen-bond donors (Lipinski definition) is 0. The van der Waals surface area contributed by atoms with Crippen molar-refractivity contribution in [2.45, 2.75) is 51.2 Å². The summed E-state index contributed by atoms with van der Waals surface area (Å²) in [5.41, 5.74) is -1.33. The van der Waals surface area contributed by atoms with Crippen molar-refractivity contribution in [1.82, 2.24) is 4.90 Å². The van der Waals surface area contributed by atoms with Gasteiger partial charge in [0.2, 0.25) is 0 Å². The quantitative estimate of drug-likeness (QED) is 0.658. The molecule has 18 heavy (non-hydrogen) atoms. The minimum Gasteiger partial charge on any atom is -0.444 e. The highest BCUT2D eigenvalue weighted by molar-refractivity contribution is 5.99. The zero-order valence-electron chi connectivity index (χ0n) is 11.0. The summed E-state index contributed by atoms with van der Waals surface area (Å²) in [5, 5.41) is 8.97. The van der Waals surface area contributed by atoms with Crippen molar-refractivity contribution in [3.8, 4) is 6.07 Å². The predicted octanol–water partition coefficient (Wildman–Crippen LogP) is 1.87. The fourth-order valence-electron chi connectivity index (χ4n) is 2.59. The van der Waals surface area contributed by atoms with Gasteiger partial charge in [0.25, 0.3) is 0 Å². The molecule has 1 saturated heterocycles. The minimum atomic E-state index is -0.747. The van der Waals surface area contributed by atoms with Crippen molar-refractivity contribution in [3.05, 3.63) is 0 Å². The number of amides is 1. The Labute approximate surface area is 107 Å². The Hall–Kier alpha value is -1.57. The van der Waals surface area contributed by atoms with Crippen LogP contribution < -0.4 is 0 Å².